The third-order valence-electron chi connectivity index (χ3n) is 7.77. The van der Waals surface area contributed by atoms with Crippen LogP contribution in [0.2, 0.25) is 0 Å². The number of morpholine rings is 1. The molecular weight excluding hydrogens is 584 g/mol. The molecule has 230 valence electrons. The van der Waals surface area contributed by atoms with Crippen LogP contribution in [0.1, 0.15) is 28.9 Å². The van der Waals surface area contributed by atoms with Crippen molar-refractivity contribution in [3.63, 3.8) is 0 Å². The van der Waals surface area contributed by atoms with Crippen LogP contribution in [0.15, 0.2) is 30.3 Å². The number of hydrogen-bond acceptors (Lipinski definition) is 8. The summed E-state index contributed by atoms with van der Waals surface area (Å²) in [6.45, 7) is 1.47. The summed E-state index contributed by atoms with van der Waals surface area (Å²) in [6, 6.07) is 8.11. The third-order valence-corrected chi connectivity index (χ3v) is 8.83. The Morgan fingerprint density at radius 3 is 2.70 bits per heavy atom. The number of amides is 1. The summed E-state index contributed by atoms with van der Waals surface area (Å²) < 4.78 is 66.7. The topological polar surface area (TPSA) is 132 Å². The van der Waals surface area contributed by atoms with Gasteiger partial charge in [0.05, 0.1) is 38.0 Å². The number of aromatic nitrogens is 4. The number of pyridine rings is 2. The van der Waals surface area contributed by atoms with Crippen LogP contribution in [0.25, 0.3) is 28.1 Å². The summed E-state index contributed by atoms with van der Waals surface area (Å²) >= 11 is 0. The molecule has 0 unspecified atom stereocenters. The Morgan fingerprint density at radius 2 is 2.05 bits per heavy atom. The molecule has 2 fully saturated rings. The fraction of sp³-hybridized carbons (Fsp3) is 0.464. The number of carbonyl (C=O) groups is 1. The lowest BCUT2D eigenvalue weighted by Gasteiger charge is -2.23. The zero-order valence-electron chi connectivity index (χ0n) is 24.0. The van der Waals surface area contributed by atoms with Crippen molar-refractivity contribution >= 4 is 38.4 Å². The highest BCUT2D eigenvalue weighted by Crippen LogP contribution is 2.38. The number of carbonyl (C=O) groups excluding carboxylic acids is 1. The molecule has 12 nitrogen and oxygen atoms in total. The second kappa shape index (κ2) is 11.4. The lowest BCUT2D eigenvalue weighted by molar-refractivity contribution is 0.0734. The first-order valence-corrected chi connectivity index (χ1v) is 15.8. The molecule has 4 aromatic heterocycles. The van der Waals surface area contributed by atoms with Crippen molar-refractivity contribution < 1.29 is 31.5 Å². The minimum atomic E-state index is -4.27. The fourth-order valence-corrected chi connectivity index (χ4v) is 6.19. The number of imidazole rings is 1. The van der Waals surface area contributed by atoms with E-state index in [9.17, 15) is 22.0 Å². The quantitative estimate of drug-likeness (QED) is 0.260. The minimum Gasteiger partial charge on any atom is -0.482 e. The predicted molar refractivity (Wildman–Crippen MR) is 156 cm³/mol. The third kappa shape index (κ3) is 5.76. The van der Waals surface area contributed by atoms with Crippen molar-refractivity contribution in [2.24, 2.45) is 5.92 Å². The van der Waals surface area contributed by atoms with E-state index in [1.54, 1.807) is 18.2 Å². The van der Waals surface area contributed by atoms with Crippen molar-refractivity contribution in [2.75, 3.05) is 44.0 Å². The zero-order valence-corrected chi connectivity index (χ0v) is 24.8. The second-order valence-corrected chi connectivity index (χ2v) is 12.8. The Kier molecular flexibility index (Phi) is 7.73. The standard InChI is InChI=1S/C28H33F2N7O5S/c1-16-25(33-23-11-19(12-24(41-2)36(16)23)27(38)32-13-20-15-42-9-8-31-20)21-10-18-6-7-22(37(28(29)30)43(3,39)40)34-26(18)35(21)14-17-4-5-17/h6-7,10-12,17,20,28,31H,4-5,8-9,13-15H2,1-3H3,(H,32,38)/t20-/m1/s1. The van der Waals surface area contributed by atoms with Gasteiger partial charge in [0.2, 0.25) is 10.0 Å². The van der Waals surface area contributed by atoms with Gasteiger partial charge in [-0.3, -0.25) is 9.20 Å². The molecule has 2 N–H and O–H groups in total. The molecule has 4 aromatic rings. The highest BCUT2D eigenvalue weighted by Gasteiger charge is 2.30. The molecule has 1 aliphatic carbocycles. The number of aryl methyl sites for hydroxylation is 1. The Bertz CT molecular complexity index is 1800. The average molecular weight is 618 g/mol. The molecule has 0 radical (unpaired) electrons. The van der Waals surface area contributed by atoms with E-state index in [-0.39, 0.29) is 22.1 Å². The number of hydrogen-bond donors (Lipinski definition) is 2. The molecule has 1 amide bonds. The first-order valence-electron chi connectivity index (χ1n) is 14.0. The molecule has 0 aromatic carbocycles. The van der Waals surface area contributed by atoms with Gasteiger partial charge in [-0.05, 0) is 49.9 Å². The van der Waals surface area contributed by atoms with Crippen LogP contribution in [-0.2, 0) is 21.3 Å². The SMILES string of the molecule is COc1cc(C(=O)NC[C@@H]2COCCN2)cc2nc(-c3cc4ccc(N(C(F)F)S(C)(=O)=O)nc4n3CC3CC3)c(C)n12. The number of ether oxygens (including phenoxy) is 2. The monoisotopic (exact) mass is 617 g/mol. The van der Waals surface area contributed by atoms with Gasteiger partial charge in [0.25, 0.3) is 5.91 Å². The van der Waals surface area contributed by atoms with E-state index in [1.807, 2.05) is 22.0 Å². The van der Waals surface area contributed by atoms with Crippen molar-refractivity contribution in [3.8, 4) is 17.3 Å². The van der Waals surface area contributed by atoms with Crippen LogP contribution in [0, 0.1) is 12.8 Å². The van der Waals surface area contributed by atoms with Crippen LogP contribution in [0.3, 0.4) is 0 Å². The summed E-state index contributed by atoms with van der Waals surface area (Å²) in [5.41, 5.74) is 3.31. The molecular formula is C28H33F2N7O5S. The number of halogens is 2. The molecule has 0 spiro atoms. The van der Waals surface area contributed by atoms with Gasteiger partial charge in [0.15, 0.2) is 5.88 Å². The van der Waals surface area contributed by atoms with E-state index < -0.39 is 16.6 Å². The van der Waals surface area contributed by atoms with Crippen molar-refractivity contribution in [1.82, 2.24) is 29.6 Å². The number of alkyl halides is 2. The summed E-state index contributed by atoms with van der Waals surface area (Å²) in [7, 11) is -2.75. The molecule has 1 saturated carbocycles. The van der Waals surface area contributed by atoms with Gasteiger partial charge in [0.1, 0.15) is 22.8 Å². The molecule has 1 aliphatic heterocycles. The normalized spacial score (nSPS) is 17.6. The molecule has 1 atom stereocenters. The summed E-state index contributed by atoms with van der Waals surface area (Å²) in [5, 5.41) is 6.90. The molecule has 15 heteroatoms. The summed E-state index contributed by atoms with van der Waals surface area (Å²) in [6.07, 6.45) is 2.76. The number of nitrogens with one attached hydrogen (secondary N) is 2. The van der Waals surface area contributed by atoms with Crippen LogP contribution in [0.5, 0.6) is 5.88 Å². The first-order chi connectivity index (χ1) is 20.5. The Morgan fingerprint density at radius 1 is 1.26 bits per heavy atom. The van der Waals surface area contributed by atoms with Gasteiger partial charge in [0, 0.05) is 42.7 Å². The summed E-state index contributed by atoms with van der Waals surface area (Å²) in [5.74, 6) is 0.173. The van der Waals surface area contributed by atoms with Crippen LogP contribution >= 0.6 is 0 Å². The van der Waals surface area contributed by atoms with E-state index in [1.165, 1.54) is 13.2 Å². The van der Waals surface area contributed by atoms with Gasteiger partial charge in [-0.1, -0.05) is 0 Å². The number of rotatable bonds is 10. The number of methoxy groups -OCH3 is 1. The highest BCUT2D eigenvalue weighted by molar-refractivity contribution is 7.92. The van der Waals surface area contributed by atoms with E-state index >= 15 is 0 Å². The molecule has 6 rings (SSSR count). The molecule has 5 heterocycles. The smallest absolute Gasteiger partial charge is 0.329 e. The zero-order chi connectivity index (χ0) is 30.5. The number of nitrogens with zero attached hydrogens (tertiary/aromatic N) is 5. The minimum absolute atomic E-state index is 0.0194. The van der Waals surface area contributed by atoms with Gasteiger partial charge in [-0.15, -0.1) is 0 Å². The lowest BCUT2D eigenvalue weighted by Crippen LogP contribution is -2.48. The van der Waals surface area contributed by atoms with E-state index in [4.69, 9.17) is 14.5 Å². The lowest BCUT2D eigenvalue weighted by atomic mass is 10.2. The van der Waals surface area contributed by atoms with Crippen molar-refractivity contribution in [3.05, 3.63) is 41.6 Å². The molecule has 43 heavy (non-hydrogen) atoms. The fourth-order valence-electron chi connectivity index (χ4n) is 5.46. The number of sulfonamides is 1. The molecule has 1 saturated heterocycles. The average Bonchev–Trinajstić information content (AvgIpc) is 3.64. The van der Waals surface area contributed by atoms with Crippen molar-refractivity contribution in [1.29, 1.82) is 0 Å². The number of fused-ring (bicyclic) bond motifs is 2. The Hall–Kier alpha value is -3.82. The maximum Gasteiger partial charge on any atom is 0.329 e. The van der Waals surface area contributed by atoms with Gasteiger partial charge < -0.3 is 24.7 Å². The summed E-state index contributed by atoms with van der Waals surface area (Å²) in [4.78, 5) is 22.4. The van der Waals surface area contributed by atoms with Crippen LogP contribution < -0.4 is 19.7 Å². The van der Waals surface area contributed by atoms with E-state index in [0.29, 0.717) is 71.7 Å². The van der Waals surface area contributed by atoms with Crippen LogP contribution in [-0.4, -0.2) is 85.5 Å². The van der Waals surface area contributed by atoms with Gasteiger partial charge in [-0.2, -0.15) is 13.1 Å². The Balaban J connectivity index is 1.42. The molecule has 2 aliphatic rings. The molecule has 0 bridgehead atoms. The first kappa shape index (κ1) is 29.3. The maximum atomic E-state index is 13.8. The predicted octanol–water partition coefficient (Wildman–Crippen LogP) is 2.78. The van der Waals surface area contributed by atoms with Crippen molar-refractivity contribution in [2.45, 2.75) is 38.9 Å². The van der Waals surface area contributed by atoms with Gasteiger partial charge >= 0.3 is 6.55 Å². The second-order valence-electron chi connectivity index (χ2n) is 11.0. The van der Waals surface area contributed by atoms with Crippen LogP contribution in [0.4, 0.5) is 14.6 Å². The Labute approximate surface area is 247 Å². The van der Waals surface area contributed by atoms with E-state index in [2.05, 4.69) is 15.6 Å². The van der Waals surface area contributed by atoms with Gasteiger partial charge in [-0.25, -0.2) is 18.4 Å². The van der Waals surface area contributed by atoms with E-state index in [0.717, 1.165) is 31.3 Å². The number of anilines is 1. The maximum absolute atomic E-state index is 13.8. The largest absolute Gasteiger partial charge is 0.482 e. The highest BCUT2D eigenvalue weighted by atomic mass is 32.2.